The van der Waals surface area contributed by atoms with E-state index >= 15 is 0 Å². The quantitative estimate of drug-likeness (QED) is 0.667. The average Bonchev–Trinajstić information content (AvgIpc) is 3.11. The molecule has 0 radical (unpaired) electrons. The van der Waals surface area contributed by atoms with Gasteiger partial charge in [0.15, 0.2) is 0 Å². The summed E-state index contributed by atoms with van der Waals surface area (Å²) in [6.07, 6.45) is 10.3. The van der Waals surface area contributed by atoms with Crippen LogP contribution in [0.25, 0.3) is 0 Å². The summed E-state index contributed by atoms with van der Waals surface area (Å²) in [4.78, 5) is 40.9. The highest BCUT2D eigenvalue weighted by Gasteiger charge is 2.49. The van der Waals surface area contributed by atoms with Gasteiger partial charge < -0.3 is 14.5 Å². The van der Waals surface area contributed by atoms with E-state index < -0.39 is 0 Å². The van der Waals surface area contributed by atoms with Crippen LogP contribution >= 0.6 is 0 Å². The zero-order valence-electron chi connectivity index (χ0n) is 16.7. The Kier molecular flexibility index (Phi) is 6.77. The van der Waals surface area contributed by atoms with Gasteiger partial charge in [-0.2, -0.15) is 0 Å². The van der Waals surface area contributed by atoms with Crippen LogP contribution in [-0.2, 0) is 19.1 Å². The molecule has 3 aliphatic rings. The highest BCUT2D eigenvalue weighted by molar-refractivity contribution is 5.86. The van der Waals surface area contributed by atoms with Crippen LogP contribution in [0.2, 0.25) is 0 Å². The number of hydrogen-bond acceptors (Lipinski definition) is 4. The van der Waals surface area contributed by atoms with Crippen molar-refractivity contribution >= 4 is 17.8 Å². The molecule has 2 heterocycles. The average molecular weight is 379 g/mol. The molecule has 1 saturated carbocycles. The summed E-state index contributed by atoms with van der Waals surface area (Å²) in [5, 5.41) is 0. The maximum Gasteiger partial charge on any atom is 0.305 e. The Bertz CT molecular complexity index is 558. The minimum atomic E-state index is -0.356. The van der Waals surface area contributed by atoms with E-state index in [-0.39, 0.29) is 29.6 Å². The summed E-state index contributed by atoms with van der Waals surface area (Å²) in [6.45, 7) is 3.02. The Morgan fingerprint density at radius 3 is 2.59 bits per heavy atom. The standard InChI is InChI=1S/C21H34N2O4/c1-27-19(25)10-5-9-18(24)23-14-12-21(16-23)11-6-13-22(20(21)26)15-17-7-3-2-4-8-17/h17H,2-16H2,1H3/t21-/m1/s1. The SMILES string of the molecule is COC(=O)CCCC(=O)N1CC[C@]2(CCCN(CC3CCCCC3)C2=O)C1. The van der Waals surface area contributed by atoms with Crippen LogP contribution in [-0.4, -0.2) is 60.9 Å². The maximum atomic E-state index is 13.3. The van der Waals surface area contributed by atoms with Crippen molar-refractivity contribution in [2.45, 2.75) is 70.6 Å². The highest BCUT2D eigenvalue weighted by atomic mass is 16.5. The lowest BCUT2D eigenvalue weighted by Gasteiger charge is -2.41. The fourth-order valence-corrected chi connectivity index (χ4v) is 5.12. The van der Waals surface area contributed by atoms with E-state index in [1.54, 1.807) is 0 Å². The number of carbonyl (C=O) groups is 3. The molecule has 1 aliphatic carbocycles. The largest absolute Gasteiger partial charge is 0.469 e. The van der Waals surface area contributed by atoms with Gasteiger partial charge in [0.1, 0.15) is 0 Å². The summed E-state index contributed by atoms with van der Waals surface area (Å²) in [5.74, 6) is 0.731. The molecule has 6 nitrogen and oxygen atoms in total. The van der Waals surface area contributed by atoms with E-state index in [4.69, 9.17) is 0 Å². The third-order valence-corrected chi connectivity index (χ3v) is 6.73. The number of hydrogen-bond donors (Lipinski definition) is 0. The number of ether oxygens (including phenoxy) is 1. The molecule has 1 atom stereocenters. The van der Waals surface area contributed by atoms with Gasteiger partial charge in [0.2, 0.25) is 11.8 Å². The number of methoxy groups -OCH3 is 1. The fraction of sp³-hybridized carbons (Fsp3) is 0.857. The number of piperidine rings is 1. The molecule has 0 aromatic rings. The Labute approximate surface area is 162 Å². The molecule has 2 amide bonds. The number of rotatable bonds is 6. The molecule has 0 aromatic carbocycles. The second kappa shape index (κ2) is 9.07. The second-order valence-electron chi connectivity index (χ2n) is 8.63. The summed E-state index contributed by atoms with van der Waals surface area (Å²) < 4.78 is 4.62. The summed E-state index contributed by atoms with van der Waals surface area (Å²) in [6, 6.07) is 0. The van der Waals surface area contributed by atoms with Crippen LogP contribution in [0.1, 0.15) is 70.6 Å². The number of amides is 2. The lowest BCUT2D eigenvalue weighted by atomic mass is 9.77. The van der Waals surface area contributed by atoms with Gasteiger partial charge >= 0.3 is 5.97 Å². The van der Waals surface area contributed by atoms with Crippen LogP contribution < -0.4 is 0 Å². The Hall–Kier alpha value is -1.59. The molecule has 3 rings (SSSR count). The summed E-state index contributed by atoms with van der Waals surface area (Å²) >= 11 is 0. The molecule has 0 aromatic heterocycles. The highest BCUT2D eigenvalue weighted by Crippen LogP contribution is 2.41. The van der Waals surface area contributed by atoms with Crippen molar-refractivity contribution in [3.8, 4) is 0 Å². The minimum absolute atomic E-state index is 0.0629. The molecule has 152 valence electrons. The smallest absolute Gasteiger partial charge is 0.305 e. The third-order valence-electron chi connectivity index (χ3n) is 6.73. The van der Waals surface area contributed by atoms with Gasteiger partial charge in [-0.05, 0) is 44.4 Å². The van der Waals surface area contributed by atoms with Crippen molar-refractivity contribution in [2.24, 2.45) is 11.3 Å². The molecule has 2 saturated heterocycles. The van der Waals surface area contributed by atoms with Crippen LogP contribution in [0.15, 0.2) is 0 Å². The van der Waals surface area contributed by atoms with Crippen LogP contribution in [0.4, 0.5) is 0 Å². The number of esters is 1. The normalized spacial score (nSPS) is 26.6. The number of likely N-dealkylation sites (tertiary alicyclic amines) is 2. The number of nitrogens with zero attached hydrogens (tertiary/aromatic N) is 2. The topological polar surface area (TPSA) is 66.9 Å². The summed E-state index contributed by atoms with van der Waals surface area (Å²) in [7, 11) is 1.36. The van der Waals surface area contributed by atoms with Gasteiger partial charge in [-0.1, -0.05) is 19.3 Å². The predicted molar refractivity (Wildman–Crippen MR) is 102 cm³/mol. The first kappa shape index (κ1) is 20.2. The lowest BCUT2D eigenvalue weighted by Crippen LogP contribution is -2.51. The zero-order chi connectivity index (χ0) is 19.3. The Balaban J connectivity index is 1.52. The molecule has 2 aliphatic heterocycles. The molecule has 3 fully saturated rings. The van der Waals surface area contributed by atoms with E-state index in [0.29, 0.717) is 31.8 Å². The van der Waals surface area contributed by atoms with Gasteiger partial charge in [-0.15, -0.1) is 0 Å². The molecule has 0 unspecified atom stereocenters. The van der Waals surface area contributed by atoms with Crippen molar-refractivity contribution in [1.29, 1.82) is 0 Å². The van der Waals surface area contributed by atoms with E-state index in [0.717, 1.165) is 32.4 Å². The molecular weight excluding hydrogens is 344 g/mol. The lowest BCUT2D eigenvalue weighted by molar-refractivity contribution is -0.147. The first-order chi connectivity index (χ1) is 13.0. The molecule has 0 N–H and O–H groups in total. The second-order valence-corrected chi connectivity index (χ2v) is 8.63. The van der Waals surface area contributed by atoms with Gasteiger partial charge in [0.25, 0.3) is 0 Å². The minimum Gasteiger partial charge on any atom is -0.469 e. The van der Waals surface area contributed by atoms with Crippen LogP contribution in [0.3, 0.4) is 0 Å². The molecular formula is C21H34N2O4. The van der Waals surface area contributed by atoms with Crippen molar-refractivity contribution in [3.63, 3.8) is 0 Å². The van der Waals surface area contributed by atoms with Gasteiger partial charge in [-0.25, -0.2) is 0 Å². The Morgan fingerprint density at radius 1 is 1.07 bits per heavy atom. The maximum absolute atomic E-state index is 13.3. The molecule has 6 heteroatoms. The van der Waals surface area contributed by atoms with Crippen molar-refractivity contribution in [2.75, 3.05) is 33.3 Å². The monoisotopic (exact) mass is 378 g/mol. The van der Waals surface area contributed by atoms with E-state index in [1.165, 1.54) is 39.2 Å². The Morgan fingerprint density at radius 2 is 1.85 bits per heavy atom. The van der Waals surface area contributed by atoms with Crippen molar-refractivity contribution < 1.29 is 19.1 Å². The van der Waals surface area contributed by atoms with Gasteiger partial charge in [0, 0.05) is 39.0 Å². The van der Waals surface area contributed by atoms with E-state index in [1.807, 2.05) is 4.90 Å². The molecule has 1 spiro atoms. The van der Waals surface area contributed by atoms with Gasteiger partial charge in [-0.3, -0.25) is 14.4 Å². The molecule has 27 heavy (non-hydrogen) atoms. The summed E-state index contributed by atoms with van der Waals surface area (Å²) in [5.41, 5.74) is -0.356. The van der Waals surface area contributed by atoms with Crippen molar-refractivity contribution in [1.82, 2.24) is 9.80 Å². The zero-order valence-corrected chi connectivity index (χ0v) is 16.7. The van der Waals surface area contributed by atoms with Crippen LogP contribution in [0.5, 0.6) is 0 Å². The fourth-order valence-electron chi connectivity index (χ4n) is 5.12. The third kappa shape index (κ3) is 4.82. The predicted octanol–water partition coefficient (Wildman–Crippen LogP) is 2.75. The first-order valence-electron chi connectivity index (χ1n) is 10.7. The first-order valence-corrected chi connectivity index (χ1v) is 10.7. The molecule has 0 bridgehead atoms. The van der Waals surface area contributed by atoms with Gasteiger partial charge in [0.05, 0.1) is 12.5 Å². The van der Waals surface area contributed by atoms with Crippen molar-refractivity contribution in [3.05, 3.63) is 0 Å². The number of carbonyl (C=O) groups excluding carboxylic acids is 3. The van der Waals surface area contributed by atoms with E-state index in [9.17, 15) is 14.4 Å². The van der Waals surface area contributed by atoms with E-state index in [2.05, 4.69) is 9.64 Å². The van der Waals surface area contributed by atoms with Crippen LogP contribution in [0, 0.1) is 11.3 Å².